The number of benzene rings is 1. The van der Waals surface area contributed by atoms with Crippen LogP contribution in [0.3, 0.4) is 0 Å². The minimum Gasteiger partial charge on any atom is -0.340 e. The van der Waals surface area contributed by atoms with E-state index in [1.807, 2.05) is 29.2 Å². The van der Waals surface area contributed by atoms with Crippen molar-refractivity contribution in [2.45, 2.75) is 38.1 Å². The van der Waals surface area contributed by atoms with Gasteiger partial charge in [-0.25, -0.2) is 4.98 Å². The number of nitrogens with one attached hydrogen (secondary N) is 1. The molecule has 0 radical (unpaired) electrons. The van der Waals surface area contributed by atoms with Crippen molar-refractivity contribution in [3.05, 3.63) is 42.2 Å². The Bertz CT molecular complexity index is 685. The molecule has 1 aromatic heterocycles. The van der Waals surface area contributed by atoms with Crippen molar-refractivity contribution in [3.63, 3.8) is 0 Å². The van der Waals surface area contributed by atoms with E-state index in [1.54, 1.807) is 0 Å². The maximum absolute atomic E-state index is 12.7. The predicted octanol–water partition coefficient (Wildman–Crippen LogP) is 3.58. The fraction of sp³-hybridized carbons (Fsp3) is 0.444. The van der Waals surface area contributed by atoms with Crippen LogP contribution in [0.4, 0.5) is 0 Å². The highest BCUT2D eigenvalue weighted by Gasteiger charge is 2.32. The van der Waals surface area contributed by atoms with Crippen LogP contribution in [0.1, 0.15) is 44.0 Å². The molecule has 4 rings (SSSR count). The summed E-state index contributed by atoms with van der Waals surface area (Å²) in [5.74, 6) is 1.65. The van der Waals surface area contributed by atoms with E-state index in [1.165, 1.54) is 0 Å². The van der Waals surface area contributed by atoms with Crippen LogP contribution in [-0.2, 0) is 4.79 Å². The molecule has 1 aliphatic heterocycles. The molecule has 1 amide bonds. The number of nitrogens with zero attached hydrogens (tertiary/aromatic N) is 2. The molecule has 2 atom stereocenters. The number of likely N-dealkylation sites (tertiary alicyclic amines) is 1. The van der Waals surface area contributed by atoms with Crippen LogP contribution in [0.5, 0.6) is 0 Å². The van der Waals surface area contributed by atoms with Crippen molar-refractivity contribution in [1.82, 2.24) is 14.9 Å². The molecule has 2 aliphatic rings. The summed E-state index contributed by atoms with van der Waals surface area (Å²) in [6.07, 6.45) is 9.34. The average molecular weight is 295 g/mol. The largest absolute Gasteiger partial charge is 0.340 e. The third-order valence-electron chi connectivity index (χ3n) is 4.85. The highest BCUT2D eigenvalue weighted by atomic mass is 16.2. The number of aromatic nitrogens is 2. The van der Waals surface area contributed by atoms with E-state index in [4.69, 9.17) is 4.98 Å². The van der Waals surface area contributed by atoms with Crippen molar-refractivity contribution >= 4 is 16.9 Å². The molecule has 0 saturated carbocycles. The van der Waals surface area contributed by atoms with Gasteiger partial charge in [0.05, 0.1) is 17.1 Å². The van der Waals surface area contributed by atoms with E-state index < -0.39 is 0 Å². The summed E-state index contributed by atoms with van der Waals surface area (Å²) in [5.41, 5.74) is 2.03. The van der Waals surface area contributed by atoms with Crippen molar-refractivity contribution < 1.29 is 4.79 Å². The van der Waals surface area contributed by atoms with Crippen molar-refractivity contribution in [2.24, 2.45) is 5.92 Å². The van der Waals surface area contributed by atoms with E-state index >= 15 is 0 Å². The Balaban J connectivity index is 1.54. The van der Waals surface area contributed by atoms with Gasteiger partial charge in [-0.1, -0.05) is 24.3 Å². The fourth-order valence-electron chi connectivity index (χ4n) is 3.69. The summed E-state index contributed by atoms with van der Waals surface area (Å²) < 4.78 is 0. The Kier molecular flexibility index (Phi) is 3.45. The summed E-state index contributed by atoms with van der Waals surface area (Å²) in [7, 11) is 0. The zero-order valence-electron chi connectivity index (χ0n) is 12.7. The molecule has 22 heavy (non-hydrogen) atoms. The summed E-state index contributed by atoms with van der Waals surface area (Å²) >= 11 is 0. The van der Waals surface area contributed by atoms with Crippen LogP contribution >= 0.6 is 0 Å². The van der Waals surface area contributed by atoms with Gasteiger partial charge in [0.25, 0.3) is 0 Å². The van der Waals surface area contributed by atoms with Gasteiger partial charge in [0, 0.05) is 13.0 Å². The maximum Gasteiger partial charge on any atom is 0.223 e. The highest BCUT2D eigenvalue weighted by molar-refractivity contribution is 5.78. The average Bonchev–Trinajstić information content (AvgIpc) is 3.26. The summed E-state index contributed by atoms with van der Waals surface area (Å²) in [6, 6.07) is 8.17. The molecule has 1 aliphatic carbocycles. The number of fused-ring (bicyclic) bond motifs is 1. The number of amides is 1. The SMILES string of the molecule is O=C(C[C@H]1C=CCC1)N1CCC[C@@H]1c1nc2ccccc2[nH]1. The molecule has 114 valence electrons. The molecule has 0 spiro atoms. The minimum absolute atomic E-state index is 0.116. The molecule has 2 heterocycles. The third-order valence-corrected chi connectivity index (χ3v) is 4.85. The lowest BCUT2D eigenvalue weighted by Crippen LogP contribution is -2.32. The van der Waals surface area contributed by atoms with Gasteiger partial charge >= 0.3 is 0 Å². The van der Waals surface area contributed by atoms with Gasteiger partial charge in [-0.05, 0) is 43.7 Å². The number of H-pyrrole nitrogens is 1. The summed E-state index contributed by atoms with van der Waals surface area (Å²) in [4.78, 5) is 22.8. The molecule has 1 fully saturated rings. The first-order valence-electron chi connectivity index (χ1n) is 8.22. The van der Waals surface area contributed by atoms with Crippen LogP contribution in [0.15, 0.2) is 36.4 Å². The van der Waals surface area contributed by atoms with E-state index in [0.29, 0.717) is 12.3 Å². The quantitative estimate of drug-likeness (QED) is 0.880. The van der Waals surface area contributed by atoms with Crippen molar-refractivity contribution in [3.8, 4) is 0 Å². The fourth-order valence-corrected chi connectivity index (χ4v) is 3.69. The number of imidazole rings is 1. The van der Waals surface area contributed by atoms with Gasteiger partial charge in [0.15, 0.2) is 0 Å². The standard InChI is InChI=1S/C18H21N3O/c22-17(12-13-6-1-2-7-13)21-11-5-10-16(21)18-19-14-8-3-4-9-15(14)20-18/h1,3-4,6,8-9,13,16H,2,5,7,10-12H2,(H,19,20)/t13-,16+/m0/s1. The third kappa shape index (κ3) is 2.43. The normalized spacial score (nSPS) is 24.5. The minimum atomic E-state index is 0.116. The number of hydrogen-bond donors (Lipinski definition) is 1. The van der Waals surface area contributed by atoms with Crippen molar-refractivity contribution in [1.29, 1.82) is 0 Å². The van der Waals surface area contributed by atoms with Crippen LogP contribution in [0.2, 0.25) is 0 Å². The van der Waals surface area contributed by atoms with E-state index in [2.05, 4.69) is 17.1 Å². The molecule has 0 bridgehead atoms. The number of para-hydroxylation sites is 2. The second kappa shape index (κ2) is 5.59. The van der Waals surface area contributed by atoms with Crippen LogP contribution < -0.4 is 0 Å². The molecular weight excluding hydrogens is 274 g/mol. The second-order valence-electron chi connectivity index (χ2n) is 6.35. The first-order valence-corrected chi connectivity index (χ1v) is 8.22. The van der Waals surface area contributed by atoms with Crippen LogP contribution in [0.25, 0.3) is 11.0 Å². The molecule has 2 aromatic rings. The Hall–Kier alpha value is -2.10. The predicted molar refractivity (Wildman–Crippen MR) is 86.3 cm³/mol. The molecule has 1 saturated heterocycles. The molecule has 1 aromatic carbocycles. The lowest BCUT2D eigenvalue weighted by Gasteiger charge is -2.24. The first-order chi connectivity index (χ1) is 10.8. The monoisotopic (exact) mass is 295 g/mol. The zero-order valence-corrected chi connectivity index (χ0v) is 12.7. The van der Waals surface area contributed by atoms with Gasteiger partial charge in [-0.3, -0.25) is 4.79 Å². The number of carbonyl (C=O) groups excluding carboxylic acids is 1. The Morgan fingerprint density at radius 1 is 1.32 bits per heavy atom. The molecule has 0 unspecified atom stereocenters. The Labute approximate surface area is 130 Å². The molecule has 4 heteroatoms. The van der Waals surface area contributed by atoms with E-state index in [9.17, 15) is 4.79 Å². The van der Waals surface area contributed by atoms with E-state index in [0.717, 1.165) is 49.1 Å². The number of rotatable bonds is 3. The molecule has 4 nitrogen and oxygen atoms in total. The van der Waals surface area contributed by atoms with Gasteiger partial charge in [-0.15, -0.1) is 0 Å². The number of aromatic amines is 1. The van der Waals surface area contributed by atoms with Crippen LogP contribution in [0, 0.1) is 5.92 Å². The molecular formula is C18H21N3O. The Morgan fingerprint density at radius 3 is 3.05 bits per heavy atom. The van der Waals surface area contributed by atoms with Crippen molar-refractivity contribution in [2.75, 3.05) is 6.54 Å². The van der Waals surface area contributed by atoms with Gasteiger partial charge in [0.1, 0.15) is 5.82 Å². The summed E-state index contributed by atoms with van der Waals surface area (Å²) in [6.45, 7) is 0.858. The smallest absolute Gasteiger partial charge is 0.223 e. The number of hydrogen-bond acceptors (Lipinski definition) is 2. The van der Waals surface area contributed by atoms with Gasteiger partial charge in [0.2, 0.25) is 5.91 Å². The van der Waals surface area contributed by atoms with E-state index in [-0.39, 0.29) is 11.9 Å². The summed E-state index contributed by atoms with van der Waals surface area (Å²) in [5, 5.41) is 0. The number of carbonyl (C=O) groups is 1. The van der Waals surface area contributed by atoms with Gasteiger partial charge < -0.3 is 9.88 Å². The highest BCUT2D eigenvalue weighted by Crippen LogP contribution is 2.33. The van der Waals surface area contributed by atoms with Gasteiger partial charge in [-0.2, -0.15) is 0 Å². The molecule has 1 N–H and O–H groups in total. The second-order valence-corrected chi connectivity index (χ2v) is 6.35. The maximum atomic E-state index is 12.7. The lowest BCUT2D eigenvalue weighted by atomic mass is 10.0. The topological polar surface area (TPSA) is 49.0 Å². The zero-order chi connectivity index (χ0) is 14.9. The lowest BCUT2D eigenvalue weighted by molar-refractivity contribution is -0.132. The number of allylic oxidation sites excluding steroid dienone is 2. The van der Waals surface area contributed by atoms with Crippen LogP contribution in [-0.4, -0.2) is 27.3 Å². The Morgan fingerprint density at radius 2 is 2.23 bits per heavy atom. The first kappa shape index (κ1) is 13.6.